The molecule has 7 nitrogen and oxygen atoms in total. The maximum absolute atomic E-state index is 11.7. The Balaban J connectivity index is 1.82. The topological polar surface area (TPSA) is 89.8 Å². The molecule has 1 atom stereocenters. The van der Waals surface area contributed by atoms with Gasteiger partial charge in [-0.25, -0.2) is 23.1 Å². The van der Waals surface area contributed by atoms with Crippen molar-refractivity contribution in [2.75, 3.05) is 6.26 Å². The van der Waals surface area contributed by atoms with Crippen molar-refractivity contribution in [3.05, 3.63) is 53.9 Å². The van der Waals surface area contributed by atoms with Crippen molar-refractivity contribution < 1.29 is 8.42 Å². The summed E-state index contributed by atoms with van der Waals surface area (Å²) in [6, 6.07) is 11.6. The quantitative estimate of drug-likeness (QED) is 0.744. The summed E-state index contributed by atoms with van der Waals surface area (Å²) in [5, 5.41) is 4.51. The van der Waals surface area contributed by atoms with Crippen LogP contribution in [0.15, 0.2) is 42.6 Å². The normalized spacial score (nSPS) is 16.9. The monoisotopic (exact) mass is 383 g/mol. The van der Waals surface area contributed by atoms with Gasteiger partial charge < -0.3 is 0 Å². The molecule has 2 heterocycles. The highest BCUT2D eigenvalue weighted by molar-refractivity contribution is 7.88. The number of fused-ring (bicyclic) bond motifs is 1. The molecule has 1 unspecified atom stereocenters. The lowest BCUT2D eigenvalue weighted by Crippen LogP contribution is -2.38. The molecule has 4 rings (SSSR count). The molecule has 0 bridgehead atoms. The Hall–Kier alpha value is -2.58. The van der Waals surface area contributed by atoms with Crippen LogP contribution in [0, 0.1) is 0 Å². The van der Waals surface area contributed by atoms with Gasteiger partial charge in [0.1, 0.15) is 5.69 Å². The molecule has 0 fully saturated rings. The minimum atomic E-state index is -3.26. The minimum absolute atomic E-state index is 0.152. The highest BCUT2D eigenvalue weighted by atomic mass is 32.2. The van der Waals surface area contributed by atoms with Crippen LogP contribution in [0.1, 0.15) is 17.7 Å². The van der Waals surface area contributed by atoms with Crippen LogP contribution in [0.5, 0.6) is 0 Å². The number of rotatable bonds is 4. The predicted octanol–water partition coefficient (Wildman–Crippen LogP) is 1.95. The predicted molar refractivity (Wildman–Crippen MR) is 103 cm³/mol. The van der Waals surface area contributed by atoms with Crippen LogP contribution in [0.3, 0.4) is 0 Å². The fourth-order valence-electron chi connectivity index (χ4n) is 3.48. The van der Waals surface area contributed by atoms with Gasteiger partial charge in [0.15, 0.2) is 5.82 Å². The Morgan fingerprint density at radius 2 is 1.93 bits per heavy atom. The van der Waals surface area contributed by atoms with Gasteiger partial charge in [-0.3, -0.25) is 4.68 Å². The summed E-state index contributed by atoms with van der Waals surface area (Å²) in [4.78, 5) is 9.59. The molecule has 0 saturated heterocycles. The van der Waals surface area contributed by atoms with E-state index in [-0.39, 0.29) is 6.04 Å². The van der Waals surface area contributed by atoms with Crippen molar-refractivity contribution in [1.29, 1.82) is 0 Å². The van der Waals surface area contributed by atoms with Crippen LogP contribution in [0.25, 0.3) is 22.8 Å². The number of aromatic nitrogens is 4. The summed E-state index contributed by atoms with van der Waals surface area (Å²) in [5.74, 6) is 0.671. The average molecular weight is 383 g/mol. The minimum Gasteiger partial charge on any atom is -0.275 e. The molecule has 1 N–H and O–H groups in total. The Morgan fingerprint density at radius 1 is 1.15 bits per heavy atom. The summed E-state index contributed by atoms with van der Waals surface area (Å²) < 4.78 is 27.8. The summed E-state index contributed by atoms with van der Waals surface area (Å²) in [5.41, 5.74) is 4.44. The van der Waals surface area contributed by atoms with E-state index >= 15 is 0 Å². The van der Waals surface area contributed by atoms with Gasteiger partial charge in [-0.1, -0.05) is 30.3 Å². The zero-order chi connectivity index (χ0) is 19.0. The Bertz CT molecular complexity index is 1080. The molecule has 0 spiro atoms. The molecule has 1 aliphatic rings. The molecular formula is C19H21N5O2S. The van der Waals surface area contributed by atoms with Crippen molar-refractivity contribution in [3.8, 4) is 22.8 Å². The second kappa shape index (κ2) is 6.86. The number of sulfonamides is 1. The van der Waals surface area contributed by atoms with Gasteiger partial charge in [0.25, 0.3) is 0 Å². The lowest BCUT2D eigenvalue weighted by atomic mass is 9.90. The maximum atomic E-state index is 11.7. The van der Waals surface area contributed by atoms with E-state index in [4.69, 9.17) is 9.97 Å². The van der Waals surface area contributed by atoms with E-state index in [1.807, 2.05) is 49.6 Å². The van der Waals surface area contributed by atoms with E-state index in [1.165, 1.54) is 6.26 Å². The van der Waals surface area contributed by atoms with Gasteiger partial charge in [0.2, 0.25) is 10.0 Å². The van der Waals surface area contributed by atoms with Crippen LogP contribution in [0.4, 0.5) is 0 Å². The van der Waals surface area contributed by atoms with Crippen molar-refractivity contribution in [2.45, 2.75) is 25.3 Å². The molecule has 1 aromatic carbocycles. The standard InChI is InChI=1S/C19H21N5O2S/c1-24-11-10-17(22-24)18-15-12-14(23-27(2,25)26)8-9-16(15)20-19(21-18)13-6-4-3-5-7-13/h3-7,10-11,14,23H,8-9,12H2,1-2H3. The largest absolute Gasteiger partial charge is 0.275 e. The second-order valence-corrected chi connectivity index (χ2v) is 8.67. The molecule has 140 valence electrons. The van der Waals surface area contributed by atoms with Crippen LogP contribution in [0.2, 0.25) is 0 Å². The zero-order valence-electron chi connectivity index (χ0n) is 15.3. The van der Waals surface area contributed by atoms with Gasteiger partial charge in [0.05, 0.1) is 11.9 Å². The fourth-order valence-corrected chi connectivity index (χ4v) is 4.29. The van der Waals surface area contributed by atoms with Gasteiger partial charge in [-0.15, -0.1) is 0 Å². The first-order chi connectivity index (χ1) is 12.9. The SMILES string of the molecule is Cn1ccc(-c2nc(-c3ccccc3)nc3c2CC(NS(C)(=O)=O)CC3)n1. The third-order valence-electron chi connectivity index (χ3n) is 4.64. The number of hydrogen-bond acceptors (Lipinski definition) is 5. The van der Waals surface area contributed by atoms with E-state index in [9.17, 15) is 8.42 Å². The Morgan fingerprint density at radius 3 is 2.59 bits per heavy atom. The van der Waals surface area contributed by atoms with Crippen molar-refractivity contribution in [2.24, 2.45) is 7.05 Å². The molecule has 8 heteroatoms. The third-order valence-corrected chi connectivity index (χ3v) is 5.40. The highest BCUT2D eigenvalue weighted by Gasteiger charge is 2.27. The number of nitrogens with zero attached hydrogens (tertiary/aromatic N) is 4. The molecule has 2 aromatic heterocycles. The third kappa shape index (κ3) is 3.91. The number of aryl methyl sites for hydroxylation is 2. The molecule has 27 heavy (non-hydrogen) atoms. The molecule has 1 aliphatic carbocycles. The first-order valence-corrected chi connectivity index (χ1v) is 10.7. The zero-order valence-corrected chi connectivity index (χ0v) is 16.1. The Labute approximate surface area is 158 Å². The van der Waals surface area contributed by atoms with E-state index in [2.05, 4.69) is 9.82 Å². The van der Waals surface area contributed by atoms with E-state index in [0.717, 1.165) is 28.2 Å². The van der Waals surface area contributed by atoms with Gasteiger partial charge in [0, 0.05) is 36.1 Å². The van der Waals surface area contributed by atoms with Gasteiger partial charge >= 0.3 is 0 Å². The van der Waals surface area contributed by atoms with Crippen LogP contribution in [-0.2, 0) is 29.9 Å². The summed E-state index contributed by atoms with van der Waals surface area (Å²) in [6.45, 7) is 0. The summed E-state index contributed by atoms with van der Waals surface area (Å²) in [7, 11) is -1.40. The number of benzene rings is 1. The first kappa shape index (κ1) is 17.8. The highest BCUT2D eigenvalue weighted by Crippen LogP contribution is 2.31. The van der Waals surface area contributed by atoms with E-state index in [0.29, 0.717) is 25.1 Å². The Kier molecular flexibility index (Phi) is 4.53. The van der Waals surface area contributed by atoms with Gasteiger partial charge in [-0.05, 0) is 25.3 Å². The molecular weight excluding hydrogens is 362 g/mol. The lowest BCUT2D eigenvalue weighted by molar-refractivity contribution is 0.505. The summed E-state index contributed by atoms with van der Waals surface area (Å²) in [6.07, 6.45) is 5.04. The van der Waals surface area contributed by atoms with E-state index < -0.39 is 10.0 Å². The molecule has 0 radical (unpaired) electrons. The fraction of sp³-hybridized carbons (Fsp3) is 0.316. The van der Waals surface area contributed by atoms with E-state index in [1.54, 1.807) is 4.68 Å². The van der Waals surface area contributed by atoms with Crippen LogP contribution >= 0.6 is 0 Å². The second-order valence-electron chi connectivity index (χ2n) is 6.89. The van der Waals surface area contributed by atoms with Crippen molar-refractivity contribution in [3.63, 3.8) is 0 Å². The van der Waals surface area contributed by atoms with Gasteiger partial charge in [-0.2, -0.15) is 5.10 Å². The number of hydrogen-bond donors (Lipinski definition) is 1. The van der Waals surface area contributed by atoms with Crippen LogP contribution in [-0.4, -0.2) is 40.5 Å². The van der Waals surface area contributed by atoms with Crippen LogP contribution < -0.4 is 4.72 Å². The summed E-state index contributed by atoms with van der Waals surface area (Å²) >= 11 is 0. The molecule has 0 amide bonds. The molecule has 3 aromatic rings. The maximum Gasteiger partial charge on any atom is 0.208 e. The molecule has 0 aliphatic heterocycles. The van der Waals surface area contributed by atoms with Crippen molar-refractivity contribution in [1.82, 2.24) is 24.5 Å². The average Bonchev–Trinajstić information content (AvgIpc) is 3.06. The van der Waals surface area contributed by atoms with Crippen molar-refractivity contribution >= 4 is 10.0 Å². The first-order valence-electron chi connectivity index (χ1n) is 8.81. The smallest absolute Gasteiger partial charge is 0.208 e. The lowest BCUT2D eigenvalue weighted by Gasteiger charge is -2.26. The molecule has 0 saturated carbocycles. The number of nitrogens with one attached hydrogen (secondary N) is 1.